The van der Waals surface area contributed by atoms with Gasteiger partial charge in [0.1, 0.15) is 5.69 Å². The van der Waals surface area contributed by atoms with Crippen LogP contribution in [-0.4, -0.2) is 31.1 Å². The van der Waals surface area contributed by atoms with Crippen LogP contribution in [0, 0.1) is 5.82 Å². The summed E-state index contributed by atoms with van der Waals surface area (Å²) in [5.74, 6) is -0.315. The van der Waals surface area contributed by atoms with Crippen LogP contribution in [0.3, 0.4) is 0 Å². The first-order chi connectivity index (χ1) is 9.67. The number of halogens is 1. The molecule has 0 aliphatic carbocycles. The molecule has 1 amide bonds. The first kappa shape index (κ1) is 12.9. The van der Waals surface area contributed by atoms with Crippen molar-refractivity contribution in [2.24, 2.45) is 5.73 Å². The molecule has 0 spiro atoms. The van der Waals surface area contributed by atoms with Gasteiger partial charge in [-0.25, -0.2) is 4.39 Å². The lowest BCUT2D eigenvalue weighted by Crippen LogP contribution is -2.20. The van der Waals surface area contributed by atoms with Crippen LogP contribution < -0.4 is 15.8 Å². The summed E-state index contributed by atoms with van der Waals surface area (Å²) in [6, 6.07) is 1.38. The van der Waals surface area contributed by atoms with Gasteiger partial charge in [-0.3, -0.25) is 4.79 Å². The summed E-state index contributed by atoms with van der Waals surface area (Å²) in [6.07, 6.45) is 1.20. The Hall–Kier alpha value is -2.08. The van der Waals surface area contributed by atoms with Crippen LogP contribution in [0.25, 0.3) is 10.9 Å². The lowest BCUT2D eigenvalue weighted by molar-refractivity contribution is 0.0958. The van der Waals surface area contributed by atoms with Crippen molar-refractivity contribution in [2.75, 3.05) is 20.2 Å². The zero-order valence-corrected chi connectivity index (χ0v) is 11.2. The van der Waals surface area contributed by atoms with Gasteiger partial charge in [0.25, 0.3) is 5.91 Å². The third-order valence-electron chi connectivity index (χ3n) is 3.64. The van der Waals surface area contributed by atoms with Gasteiger partial charge in [-0.05, 0) is 18.5 Å². The van der Waals surface area contributed by atoms with E-state index in [0.717, 1.165) is 16.5 Å². The van der Waals surface area contributed by atoms with Crippen molar-refractivity contribution >= 4 is 16.8 Å². The molecule has 3 rings (SSSR count). The summed E-state index contributed by atoms with van der Waals surface area (Å²) < 4.78 is 19.3. The highest BCUT2D eigenvalue weighted by Crippen LogP contribution is 2.38. The van der Waals surface area contributed by atoms with E-state index in [1.165, 1.54) is 6.07 Å². The van der Waals surface area contributed by atoms with Gasteiger partial charge in [0.05, 0.1) is 6.61 Å². The summed E-state index contributed by atoms with van der Waals surface area (Å²) in [7, 11) is 1.56. The van der Waals surface area contributed by atoms with Gasteiger partial charge in [0.15, 0.2) is 11.6 Å². The van der Waals surface area contributed by atoms with Crippen molar-refractivity contribution in [2.45, 2.75) is 12.8 Å². The van der Waals surface area contributed by atoms with Gasteiger partial charge in [-0.15, -0.1) is 0 Å². The summed E-state index contributed by atoms with van der Waals surface area (Å²) in [5.41, 5.74) is 8.38. The average Bonchev–Trinajstić information content (AvgIpc) is 3.03. The number of hydrogen-bond donors (Lipinski definition) is 3. The van der Waals surface area contributed by atoms with E-state index in [2.05, 4.69) is 10.3 Å². The van der Waals surface area contributed by atoms with Crippen LogP contribution in [0.1, 0.15) is 21.6 Å². The Morgan fingerprint density at radius 1 is 1.60 bits per heavy atom. The van der Waals surface area contributed by atoms with Crippen LogP contribution in [0.4, 0.5) is 4.39 Å². The predicted molar refractivity (Wildman–Crippen MR) is 73.6 cm³/mol. The molecule has 0 radical (unpaired) electrons. The number of benzene rings is 1. The second-order valence-corrected chi connectivity index (χ2v) is 4.78. The van der Waals surface area contributed by atoms with Gasteiger partial charge < -0.3 is 20.8 Å². The van der Waals surface area contributed by atoms with Gasteiger partial charge >= 0.3 is 0 Å². The van der Waals surface area contributed by atoms with Crippen LogP contribution >= 0.6 is 0 Å². The van der Waals surface area contributed by atoms with E-state index in [1.807, 2.05) is 0 Å². The van der Waals surface area contributed by atoms with E-state index in [-0.39, 0.29) is 5.91 Å². The van der Waals surface area contributed by atoms with E-state index in [0.29, 0.717) is 43.0 Å². The molecule has 0 fully saturated rings. The summed E-state index contributed by atoms with van der Waals surface area (Å²) in [6.45, 7) is 0.887. The third kappa shape index (κ3) is 1.76. The zero-order valence-electron chi connectivity index (χ0n) is 11.2. The van der Waals surface area contributed by atoms with Gasteiger partial charge in [0.2, 0.25) is 0 Å². The first-order valence-electron chi connectivity index (χ1n) is 6.58. The van der Waals surface area contributed by atoms with Gasteiger partial charge in [-0.2, -0.15) is 0 Å². The Balaban J connectivity index is 2.33. The molecule has 1 aliphatic heterocycles. The molecule has 2 aromatic rings. The second kappa shape index (κ2) is 4.79. The third-order valence-corrected chi connectivity index (χ3v) is 3.64. The number of H-pyrrole nitrogens is 1. The highest BCUT2D eigenvalue weighted by molar-refractivity contribution is 6.02. The fraction of sp³-hybridized carbons (Fsp3) is 0.357. The highest BCUT2D eigenvalue weighted by Gasteiger charge is 2.26. The normalized spacial score (nSPS) is 13.3. The molecular formula is C14H16FN3O2. The number of aromatic nitrogens is 1. The Kier molecular flexibility index (Phi) is 3.10. The fourth-order valence-corrected chi connectivity index (χ4v) is 2.83. The molecule has 2 heterocycles. The lowest BCUT2D eigenvalue weighted by atomic mass is 10.00. The minimum atomic E-state index is -0.394. The molecule has 0 atom stereocenters. The van der Waals surface area contributed by atoms with E-state index < -0.39 is 5.82 Å². The van der Waals surface area contributed by atoms with Gasteiger partial charge in [-0.1, -0.05) is 0 Å². The fourth-order valence-electron chi connectivity index (χ4n) is 2.83. The number of rotatable bonds is 3. The van der Waals surface area contributed by atoms with Crippen molar-refractivity contribution in [1.82, 2.24) is 10.3 Å². The number of amides is 1. The summed E-state index contributed by atoms with van der Waals surface area (Å²) >= 11 is 0. The van der Waals surface area contributed by atoms with Gasteiger partial charge in [0, 0.05) is 36.0 Å². The quantitative estimate of drug-likeness (QED) is 0.786. The van der Waals surface area contributed by atoms with E-state index in [4.69, 9.17) is 10.5 Å². The van der Waals surface area contributed by atoms with E-state index >= 15 is 0 Å². The highest BCUT2D eigenvalue weighted by atomic mass is 19.1. The molecule has 0 saturated heterocycles. The Bertz CT molecular complexity index is 694. The molecule has 1 aromatic heterocycles. The predicted octanol–water partition coefficient (Wildman–Crippen LogP) is 1.10. The molecular weight excluding hydrogens is 261 g/mol. The minimum absolute atomic E-state index is 0.224. The number of fused-ring (bicyclic) bond motifs is 3. The van der Waals surface area contributed by atoms with E-state index in [1.54, 1.807) is 7.05 Å². The number of carbonyl (C=O) groups excluding carboxylic acids is 1. The van der Waals surface area contributed by atoms with Crippen LogP contribution in [-0.2, 0) is 12.8 Å². The zero-order chi connectivity index (χ0) is 14.3. The van der Waals surface area contributed by atoms with E-state index in [9.17, 15) is 9.18 Å². The van der Waals surface area contributed by atoms with Crippen molar-refractivity contribution < 1.29 is 13.9 Å². The molecule has 1 aliphatic rings. The molecule has 0 bridgehead atoms. The topological polar surface area (TPSA) is 80.1 Å². The number of hydrogen-bond acceptors (Lipinski definition) is 3. The van der Waals surface area contributed by atoms with Crippen molar-refractivity contribution in [3.63, 3.8) is 0 Å². The SMILES string of the molecule is CNC(=O)c1[nH]c2cc(F)c3c(c2c1CCN)CCO3. The Labute approximate surface area is 115 Å². The van der Waals surface area contributed by atoms with Crippen LogP contribution in [0.5, 0.6) is 5.75 Å². The molecule has 4 N–H and O–H groups in total. The molecule has 0 unspecified atom stereocenters. The standard InChI is InChI=1S/C14H16FN3O2/c1-17-14(19)12-7(2-4-16)11-8-3-5-20-13(8)9(15)6-10(11)18-12/h6,18H,2-5,16H2,1H3,(H,17,19). The maximum atomic E-state index is 14.0. The number of aromatic amines is 1. The van der Waals surface area contributed by atoms with Crippen LogP contribution in [0.2, 0.25) is 0 Å². The largest absolute Gasteiger partial charge is 0.490 e. The molecule has 106 valence electrons. The lowest BCUT2D eigenvalue weighted by Gasteiger charge is -2.05. The number of nitrogens with two attached hydrogens (primary N) is 1. The number of ether oxygens (including phenoxy) is 1. The summed E-state index contributed by atoms with van der Waals surface area (Å²) in [4.78, 5) is 15.0. The first-order valence-corrected chi connectivity index (χ1v) is 6.58. The second-order valence-electron chi connectivity index (χ2n) is 4.78. The van der Waals surface area contributed by atoms with Crippen LogP contribution in [0.15, 0.2) is 6.07 Å². The number of carbonyl (C=O) groups is 1. The van der Waals surface area contributed by atoms with Crippen molar-refractivity contribution in [1.29, 1.82) is 0 Å². The average molecular weight is 277 g/mol. The molecule has 20 heavy (non-hydrogen) atoms. The van der Waals surface area contributed by atoms with Crippen molar-refractivity contribution in [3.05, 3.63) is 28.7 Å². The minimum Gasteiger partial charge on any atom is -0.490 e. The monoisotopic (exact) mass is 277 g/mol. The Morgan fingerprint density at radius 2 is 2.40 bits per heavy atom. The Morgan fingerprint density at radius 3 is 3.10 bits per heavy atom. The molecule has 0 saturated carbocycles. The van der Waals surface area contributed by atoms with Crippen molar-refractivity contribution in [3.8, 4) is 5.75 Å². The molecule has 6 heteroatoms. The maximum absolute atomic E-state index is 14.0. The number of nitrogens with one attached hydrogen (secondary N) is 2. The molecule has 1 aromatic carbocycles. The smallest absolute Gasteiger partial charge is 0.267 e. The summed E-state index contributed by atoms with van der Waals surface area (Å²) in [5, 5.41) is 3.47. The maximum Gasteiger partial charge on any atom is 0.267 e. The molecule has 5 nitrogen and oxygen atoms in total.